The van der Waals surface area contributed by atoms with E-state index in [4.69, 9.17) is 33.7 Å². The van der Waals surface area contributed by atoms with Gasteiger partial charge < -0.3 is 39.2 Å². The molecule has 13 nitrogen and oxygen atoms in total. The smallest absolute Gasteiger partial charge is 0.228 e. The van der Waals surface area contributed by atoms with Crippen LogP contribution in [0.5, 0.6) is 0 Å². The first-order valence-electron chi connectivity index (χ1n) is 15.6. The SMILES string of the molecule is Cc1ccc2nc(N3CCS(=O)(=O)c4ccccc4C3)nc(NCC3(NC(=O)CCOCCOCCOCCOCI)COC3)c2c1. The largest absolute Gasteiger partial charge is 0.379 e. The molecule has 3 aromatic rings. The highest BCUT2D eigenvalue weighted by Crippen LogP contribution is 2.29. The Morgan fingerprint density at radius 2 is 1.68 bits per heavy atom. The molecule has 1 aromatic heterocycles. The maximum atomic E-state index is 13.0. The Hall–Kier alpha value is -2.67. The second kappa shape index (κ2) is 17.1. The summed E-state index contributed by atoms with van der Waals surface area (Å²) in [6.07, 6.45) is 0.209. The van der Waals surface area contributed by atoms with E-state index < -0.39 is 15.4 Å². The molecule has 2 aromatic carbocycles. The summed E-state index contributed by atoms with van der Waals surface area (Å²) in [6, 6.07) is 13.0. The van der Waals surface area contributed by atoms with Crippen LogP contribution in [-0.2, 0) is 44.9 Å². The highest BCUT2D eigenvalue weighted by atomic mass is 127. The summed E-state index contributed by atoms with van der Waals surface area (Å²) in [6.45, 7) is 6.91. The lowest BCUT2D eigenvalue weighted by molar-refractivity contribution is -0.132. The van der Waals surface area contributed by atoms with Crippen molar-refractivity contribution in [2.24, 2.45) is 0 Å². The summed E-state index contributed by atoms with van der Waals surface area (Å²) in [4.78, 5) is 24.8. The number of carbonyl (C=O) groups excluding carboxylic acids is 1. The van der Waals surface area contributed by atoms with Gasteiger partial charge in [0.25, 0.3) is 0 Å². The summed E-state index contributed by atoms with van der Waals surface area (Å²) in [5.74, 6) is 0.882. The minimum Gasteiger partial charge on any atom is -0.379 e. The number of hydrogen-bond donors (Lipinski definition) is 2. The van der Waals surface area contributed by atoms with Crippen molar-refractivity contribution in [1.82, 2.24) is 15.3 Å². The lowest BCUT2D eigenvalue weighted by Crippen LogP contribution is -2.65. The molecule has 2 aliphatic heterocycles. The fraction of sp³-hybridized carbons (Fsp3) is 0.531. The molecule has 0 aliphatic carbocycles. The summed E-state index contributed by atoms with van der Waals surface area (Å²) in [5, 5.41) is 7.41. The minimum atomic E-state index is -3.42. The third-order valence-electron chi connectivity index (χ3n) is 7.84. The number of aromatic nitrogens is 2. The van der Waals surface area contributed by atoms with Gasteiger partial charge in [-0.2, -0.15) is 4.98 Å². The van der Waals surface area contributed by atoms with E-state index in [9.17, 15) is 13.2 Å². The molecule has 256 valence electrons. The number of benzene rings is 2. The van der Waals surface area contributed by atoms with E-state index in [1.54, 1.807) is 12.1 Å². The topological polar surface area (TPSA) is 150 Å². The van der Waals surface area contributed by atoms with Crippen LogP contribution in [0, 0.1) is 6.92 Å². The van der Waals surface area contributed by atoms with Crippen LogP contribution in [0.15, 0.2) is 47.4 Å². The second-order valence-corrected chi connectivity index (χ2v) is 14.2. The molecule has 0 atom stereocenters. The van der Waals surface area contributed by atoms with E-state index in [2.05, 4.69) is 33.2 Å². The number of nitrogens with zero attached hydrogens (tertiary/aromatic N) is 3. The van der Waals surface area contributed by atoms with Crippen molar-refractivity contribution in [3.05, 3.63) is 53.6 Å². The van der Waals surface area contributed by atoms with Gasteiger partial charge >= 0.3 is 0 Å². The maximum Gasteiger partial charge on any atom is 0.228 e. The van der Waals surface area contributed by atoms with Gasteiger partial charge in [-0.1, -0.05) is 52.4 Å². The molecule has 1 saturated heterocycles. The quantitative estimate of drug-likeness (QED) is 0.111. The molecule has 0 saturated carbocycles. The molecular weight excluding hydrogens is 741 g/mol. The second-order valence-electron chi connectivity index (χ2n) is 11.5. The monoisotopic (exact) mass is 783 g/mol. The Balaban J connectivity index is 1.15. The first-order chi connectivity index (χ1) is 22.8. The Morgan fingerprint density at radius 3 is 2.38 bits per heavy atom. The van der Waals surface area contributed by atoms with Crippen LogP contribution < -0.4 is 15.5 Å². The average molecular weight is 784 g/mol. The van der Waals surface area contributed by atoms with Gasteiger partial charge in [-0.15, -0.1) is 0 Å². The fourth-order valence-corrected chi connectivity index (χ4v) is 7.11. The first kappa shape index (κ1) is 35.6. The van der Waals surface area contributed by atoms with Gasteiger partial charge in [0.2, 0.25) is 11.9 Å². The molecule has 0 unspecified atom stereocenters. The Bertz CT molecular complexity index is 1610. The number of sulfone groups is 1. The number of nitrogens with one attached hydrogen (secondary N) is 2. The first-order valence-corrected chi connectivity index (χ1v) is 18.8. The highest BCUT2D eigenvalue weighted by Gasteiger charge is 2.40. The van der Waals surface area contributed by atoms with Crippen molar-refractivity contribution in [2.75, 3.05) is 93.1 Å². The van der Waals surface area contributed by atoms with E-state index in [1.807, 2.05) is 42.2 Å². The molecule has 15 heteroatoms. The van der Waals surface area contributed by atoms with Gasteiger partial charge in [-0.05, 0) is 30.7 Å². The van der Waals surface area contributed by atoms with Gasteiger partial charge in [-0.3, -0.25) is 4.79 Å². The number of hydrogen-bond acceptors (Lipinski definition) is 12. The number of halogens is 1. The van der Waals surface area contributed by atoms with Crippen LogP contribution in [0.1, 0.15) is 17.5 Å². The zero-order chi connectivity index (χ0) is 33.1. The highest BCUT2D eigenvalue weighted by molar-refractivity contribution is 14.1. The molecule has 2 aliphatic rings. The van der Waals surface area contributed by atoms with Crippen molar-refractivity contribution in [2.45, 2.75) is 30.3 Å². The number of amides is 1. The normalized spacial score (nSPS) is 16.7. The molecule has 47 heavy (non-hydrogen) atoms. The van der Waals surface area contributed by atoms with Crippen molar-refractivity contribution in [3.63, 3.8) is 0 Å². The number of fused-ring (bicyclic) bond motifs is 2. The van der Waals surface area contributed by atoms with E-state index in [0.29, 0.717) is 87.2 Å². The van der Waals surface area contributed by atoms with Crippen LogP contribution in [0.3, 0.4) is 0 Å². The molecule has 2 N–H and O–H groups in total. The number of rotatable bonds is 18. The Morgan fingerprint density at radius 1 is 0.979 bits per heavy atom. The predicted molar refractivity (Wildman–Crippen MR) is 186 cm³/mol. The van der Waals surface area contributed by atoms with Crippen LogP contribution in [0.2, 0.25) is 0 Å². The molecule has 1 amide bonds. The third kappa shape index (κ3) is 9.93. The van der Waals surface area contributed by atoms with E-state index in [0.717, 1.165) is 22.0 Å². The zero-order valence-corrected chi connectivity index (χ0v) is 29.5. The van der Waals surface area contributed by atoms with Gasteiger partial charge in [0.1, 0.15) is 11.4 Å². The Kier molecular flexibility index (Phi) is 13.0. The fourth-order valence-electron chi connectivity index (χ4n) is 5.30. The number of carbonyl (C=O) groups is 1. The van der Waals surface area contributed by atoms with Crippen molar-refractivity contribution < 1.29 is 36.9 Å². The van der Waals surface area contributed by atoms with Gasteiger partial charge in [0.15, 0.2) is 9.84 Å². The molecular formula is C32H42IN5O8S. The summed E-state index contributed by atoms with van der Waals surface area (Å²) in [7, 11) is -3.42. The van der Waals surface area contributed by atoms with Gasteiger partial charge in [0.05, 0.1) is 80.2 Å². The predicted octanol–water partition coefficient (Wildman–Crippen LogP) is 2.88. The van der Waals surface area contributed by atoms with Crippen molar-refractivity contribution in [1.29, 1.82) is 0 Å². The molecule has 3 heterocycles. The maximum absolute atomic E-state index is 13.0. The van der Waals surface area contributed by atoms with Crippen LogP contribution in [-0.4, -0.2) is 113 Å². The minimum absolute atomic E-state index is 0.0323. The van der Waals surface area contributed by atoms with Crippen molar-refractivity contribution in [3.8, 4) is 0 Å². The van der Waals surface area contributed by atoms with Crippen molar-refractivity contribution >= 4 is 61.0 Å². The molecule has 1 fully saturated rings. The number of ether oxygens (including phenoxy) is 5. The summed E-state index contributed by atoms with van der Waals surface area (Å²) < 4.78 is 53.7. The lowest BCUT2D eigenvalue weighted by atomic mass is 9.97. The van der Waals surface area contributed by atoms with Crippen LogP contribution >= 0.6 is 22.6 Å². The number of anilines is 2. The van der Waals surface area contributed by atoms with E-state index in [-0.39, 0.29) is 31.2 Å². The summed E-state index contributed by atoms with van der Waals surface area (Å²) >= 11 is 2.14. The van der Waals surface area contributed by atoms with E-state index >= 15 is 0 Å². The molecule has 0 radical (unpaired) electrons. The average Bonchev–Trinajstić information content (AvgIpc) is 3.18. The third-order valence-corrected chi connectivity index (χ3v) is 10.1. The van der Waals surface area contributed by atoms with Gasteiger partial charge in [0, 0.05) is 31.4 Å². The van der Waals surface area contributed by atoms with E-state index in [1.165, 1.54) is 0 Å². The molecule has 5 rings (SSSR count). The van der Waals surface area contributed by atoms with Crippen LogP contribution in [0.25, 0.3) is 10.9 Å². The standard InChI is InChI=1S/C32H42IN5O8S/c1-24-6-7-27-26(18-24)30(36-31(35-27)38-9-17-47(40,41)28-5-3-2-4-25(28)19-38)34-20-32(21-46-22-32)37-29(39)8-10-42-11-12-43-13-14-44-15-16-45-23-33/h2-7,18H,8-17,19-23H2,1H3,(H,37,39)(H,34,35,36). The number of aryl methyl sites for hydroxylation is 1. The lowest BCUT2D eigenvalue weighted by Gasteiger charge is -2.42. The van der Waals surface area contributed by atoms with Crippen LogP contribution in [0.4, 0.5) is 11.8 Å². The van der Waals surface area contributed by atoms with Gasteiger partial charge in [-0.25, -0.2) is 13.4 Å². The molecule has 0 bridgehead atoms. The summed E-state index contributed by atoms with van der Waals surface area (Å²) in [5.41, 5.74) is 1.91. The molecule has 0 spiro atoms. The number of alkyl halides is 1. The Labute approximate surface area is 289 Å². The zero-order valence-electron chi connectivity index (χ0n) is 26.5.